The Morgan fingerprint density at radius 1 is 1.55 bits per heavy atom. The van der Waals surface area contributed by atoms with Crippen molar-refractivity contribution in [2.45, 2.75) is 12.4 Å². The first kappa shape index (κ1) is 14.4. The van der Waals surface area contributed by atoms with E-state index in [1.54, 1.807) is 4.57 Å². The largest absolute Gasteiger partial charge is 0.494 e. The molecule has 8 heteroatoms. The van der Waals surface area contributed by atoms with Crippen molar-refractivity contribution in [3.8, 4) is 5.75 Å². The van der Waals surface area contributed by atoms with Gasteiger partial charge in [0, 0.05) is 12.1 Å². The van der Waals surface area contributed by atoms with Crippen LogP contribution in [0.2, 0.25) is 0 Å². The highest BCUT2D eigenvalue weighted by atomic mass is 35.5. The summed E-state index contributed by atoms with van der Waals surface area (Å²) in [5.74, 6) is 0.298. The quantitative estimate of drug-likeness (QED) is 0.857. The van der Waals surface area contributed by atoms with E-state index in [0.29, 0.717) is 23.4 Å². The van der Waals surface area contributed by atoms with Gasteiger partial charge in [-0.15, -0.1) is 11.6 Å². The molecule has 0 bridgehead atoms. The van der Waals surface area contributed by atoms with Gasteiger partial charge in [-0.3, -0.25) is 0 Å². The number of nitrogens with zero attached hydrogens (tertiary/aromatic N) is 2. The van der Waals surface area contributed by atoms with Gasteiger partial charge in [-0.2, -0.15) is 0 Å². The van der Waals surface area contributed by atoms with Crippen LogP contribution in [-0.4, -0.2) is 29.4 Å². The predicted octanol–water partition coefficient (Wildman–Crippen LogP) is 2.02. The third-order valence-corrected chi connectivity index (χ3v) is 3.02. The fourth-order valence-corrected chi connectivity index (χ4v) is 2.13. The van der Waals surface area contributed by atoms with E-state index < -0.39 is 11.9 Å². The Hall–Kier alpha value is -2.02. The summed E-state index contributed by atoms with van der Waals surface area (Å²) in [4.78, 5) is 14.8. The van der Waals surface area contributed by atoms with Crippen molar-refractivity contribution in [1.82, 2.24) is 9.55 Å². The summed E-state index contributed by atoms with van der Waals surface area (Å²) in [5.41, 5.74) is 6.00. The van der Waals surface area contributed by atoms with E-state index in [0.717, 1.165) is 0 Å². The number of carbonyl (C=O) groups is 1. The van der Waals surface area contributed by atoms with Gasteiger partial charge in [0.15, 0.2) is 11.6 Å². The molecule has 0 atom stereocenters. The number of nitrogens with two attached hydrogens (primary N) is 1. The molecule has 0 radical (unpaired) electrons. The first-order valence-electron chi connectivity index (χ1n) is 5.77. The maximum atomic E-state index is 13.6. The van der Waals surface area contributed by atoms with Gasteiger partial charge in [-0.25, -0.2) is 14.2 Å². The molecule has 0 aliphatic rings. The molecule has 1 heterocycles. The summed E-state index contributed by atoms with van der Waals surface area (Å²) in [5, 5.41) is 0. The minimum atomic E-state index is -0.856. The Kier molecular flexibility index (Phi) is 4.29. The molecule has 1 aromatic carbocycles. The molecular formula is C12H13ClFN3O3. The number of primary amides is 1. The SMILES string of the molecule is COc1cc2c(cc1F)nc(CCl)n2CCOC(N)=O. The van der Waals surface area contributed by atoms with Gasteiger partial charge in [0.25, 0.3) is 0 Å². The molecule has 0 aliphatic carbocycles. The molecule has 0 unspecified atom stereocenters. The zero-order valence-electron chi connectivity index (χ0n) is 10.7. The normalized spacial score (nSPS) is 10.8. The van der Waals surface area contributed by atoms with E-state index in [1.165, 1.54) is 19.2 Å². The summed E-state index contributed by atoms with van der Waals surface area (Å²) < 4.78 is 25.0. The maximum Gasteiger partial charge on any atom is 0.404 e. The predicted molar refractivity (Wildman–Crippen MR) is 71.3 cm³/mol. The molecular weight excluding hydrogens is 289 g/mol. The van der Waals surface area contributed by atoms with Crippen LogP contribution in [0.15, 0.2) is 12.1 Å². The van der Waals surface area contributed by atoms with E-state index in [-0.39, 0.29) is 18.2 Å². The van der Waals surface area contributed by atoms with Crippen molar-refractivity contribution < 1.29 is 18.7 Å². The van der Waals surface area contributed by atoms with Crippen LogP contribution in [0, 0.1) is 5.82 Å². The number of alkyl halides is 1. The summed E-state index contributed by atoms with van der Waals surface area (Å²) in [6, 6.07) is 2.80. The number of hydrogen-bond acceptors (Lipinski definition) is 4. The van der Waals surface area contributed by atoms with Crippen LogP contribution >= 0.6 is 11.6 Å². The second-order valence-corrected chi connectivity index (χ2v) is 4.22. The maximum absolute atomic E-state index is 13.6. The average molecular weight is 302 g/mol. The van der Waals surface area contributed by atoms with Gasteiger partial charge in [-0.05, 0) is 0 Å². The zero-order valence-corrected chi connectivity index (χ0v) is 11.5. The lowest BCUT2D eigenvalue weighted by atomic mass is 10.3. The highest BCUT2D eigenvalue weighted by molar-refractivity contribution is 6.16. The number of methoxy groups -OCH3 is 1. The van der Waals surface area contributed by atoms with Gasteiger partial charge >= 0.3 is 6.09 Å². The fourth-order valence-electron chi connectivity index (χ4n) is 1.92. The highest BCUT2D eigenvalue weighted by Crippen LogP contribution is 2.26. The molecule has 0 saturated heterocycles. The molecule has 0 saturated carbocycles. The van der Waals surface area contributed by atoms with Crippen molar-refractivity contribution in [1.29, 1.82) is 0 Å². The Labute approximate surface area is 119 Å². The number of benzene rings is 1. The number of amides is 1. The van der Waals surface area contributed by atoms with E-state index >= 15 is 0 Å². The lowest BCUT2D eigenvalue weighted by Gasteiger charge is -2.08. The first-order valence-corrected chi connectivity index (χ1v) is 6.31. The van der Waals surface area contributed by atoms with Crippen LogP contribution < -0.4 is 10.5 Å². The summed E-state index contributed by atoms with van der Waals surface area (Å²) in [6.07, 6.45) is -0.856. The highest BCUT2D eigenvalue weighted by Gasteiger charge is 2.14. The molecule has 2 aromatic rings. The third kappa shape index (κ3) is 2.77. The van der Waals surface area contributed by atoms with E-state index in [4.69, 9.17) is 22.1 Å². The first-order chi connectivity index (χ1) is 9.56. The Morgan fingerprint density at radius 3 is 2.90 bits per heavy atom. The Morgan fingerprint density at radius 2 is 2.30 bits per heavy atom. The van der Waals surface area contributed by atoms with Crippen molar-refractivity contribution >= 4 is 28.7 Å². The monoisotopic (exact) mass is 301 g/mol. The number of ether oxygens (including phenoxy) is 2. The van der Waals surface area contributed by atoms with E-state index in [1.807, 2.05) is 0 Å². The van der Waals surface area contributed by atoms with Gasteiger partial charge in [0.05, 0.1) is 30.6 Å². The molecule has 2 N–H and O–H groups in total. The minimum absolute atomic E-state index is 0.0738. The molecule has 0 spiro atoms. The summed E-state index contributed by atoms with van der Waals surface area (Å²) >= 11 is 5.82. The van der Waals surface area contributed by atoms with Crippen molar-refractivity contribution in [2.24, 2.45) is 5.73 Å². The van der Waals surface area contributed by atoms with Crippen LogP contribution in [-0.2, 0) is 17.2 Å². The molecule has 6 nitrogen and oxygen atoms in total. The van der Waals surface area contributed by atoms with Gasteiger partial charge < -0.3 is 19.8 Å². The van der Waals surface area contributed by atoms with Crippen molar-refractivity contribution in [2.75, 3.05) is 13.7 Å². The summed E-state index contributed by atoms with van der Waals surface area (Å²) in [7, 11) is 1.38. The van der Waals surface area contributed by atoms with Crippen LogP contribution in [0.25, 0.3) is 11.0 Å². The second kappa shape index (κ2) is 5.96. The van der Waals surface area contributed by atoms with Crippen molar-refractivity contribution in [3.05, 3.63) is 23.8 Å². The topological polar surface area (TPSA) is 79.4 Å². The van der Waals surface area contributed by atoms with E-state index in [9.17, 15) is 9.18 Å². The molecule has 1 aromatic heterocycles. The van der Waals surface area contributed by atoms with Crippen LogP contribution in [0.3, 0.4) is 0 Å². The van der Waals surface area contributed by atoms with Crippen LogP contribution in [0.1, 0.15) is 5.82 Å². The molecule has 108 valence electrons. The van der Waals surface area contributed by atoms with Crippen LogP contribution in [0.5, 0.6) is 5.75 Å². The summed E-state index contributed by atoms with van der Waals surface area (Å²) in [6.45, 7) is 0.390. The molecule has 20 heavy (non-hydrogen) atoms. The number of rotatable bonds is 5. The van der Waals surface area contributed by atoms with Gasteiger partial charge in [-0.1, -0.05) is 0 Å². The molecule has 1 amide bonds. The number of imidazole rings is 1. The second-order valence-electron chi connectivity index (χ2n) is 3.96. The molecule has 0 fully saturated rings. The minimum Gasteiger partial charge on any atom is -0.494 e. The number of halogens is 2. The molecule has 2 rings (SSSR count). The standard InChI is InChI=1S/C12H13ClFN3O3/c1-19-10-5-9-8(4-7(10)14)16-11(6-13)17(9)2-3-20-12(15)18/h4-5H,2-3,6H2,1H3,(H2,15,18). The van der Waals surface area contributed by atoms with Crippen LogP contribution in [0.4, 0.5) is 9.18 Å². The Balaban J connectivity index is 2.41. The van der Waals surface area contributed by atoms with E-state index in [2.05, 4.69) is 9.72 Å². The zero-order chi connectivity index (χ0) is 14.7. The number of carbonyl (C=O) groups excluding carboxylic acids is 1. The number of hydrogen-bond donors (Lipinski definition) is 1. The average Bonchev–Trinajstić information content (AvgIpc) is 2.74. The van der Waals surface area contributed by atoms with Crippen molar-refractivity contribution in [3.63, 3.8) is 0 Å². The number of fused-ring (bicyclic) bond motifs is 1. The smallest absolute Gasteiger partial charge is 0.404 e. The van der Waals surface area contributed by atoms with Gasteiger partial charge in [0.2, 0.25) is 0 Å². The lowest BCUT2D eigenvalue weighted by molar-refractivity contribution is 0.152. The lowest BCUT2D eigenvalue weighted by Crippen LogP contribution is -2.17. The van der Waals surface area contributed by atoms with Gasteiger partial charge in [0.1, 0.15) is 12.4 Å². The molecule has 0 aliphatic heterocycles. The third-order valence-electron chi connectivity index (χ3n) is 2.78. The Bertz CT molecular complexity index is 644. The fraction of sp³-hybridized carbons (Fsp3) is 0.333. The number of aromatic nitrogens is 2.